The minimum absolute atomic E-state index is 0.603. The van der Waals surface area contributed by atoms with Gasteiger partial charge < -0.3 is 10.6 Å². The van der Waals surface area contributed by atoms with Crippen molar-refractivity contribution in [2.75, 3.05) is 23.7 Å². The van der Waals surface area contributed by atoms with Gasteiger partial charge in [0, 0.05) is 18.7 Å². The number of rotatable bonds is 2. The fraction of sp³-hybridized carbons (Fsp3) is 0.692. The molecule has 17 heavy (non-hydrogen) atoms. The highest BCUT2D eigenvalue weighted by Crippen LogP contribution is 2.26. The molecule has 1 saturated heterocycles. The summed E-state index contributed by atoms with van der Waals surface area (Å²) < 4.78 is 0. The molecule has 1 fully saturated rings. The van der Waals surface area contributed by atoms with E-state index in [2.05, 4.69) is 21.8 Å². The molecule has 94 valence electrons. The molecule has 0 aromatic carbocycles. The van der Waals surface area contributed by atoms with E-state index in [1.54, 1.807) is 6.33 Å². The molecular formula is C13H22N4. The van der Waals surface area contributed by atoms with Crippen LogP contribution in [0.2, 0.25) is 0 Å². The van der Waals surface area contributed by atoms with Gasteiger partial charge in [-0.3, -0.25) is 0 Å². The maximum atomic E-state index is 5.84. The van der Waals surface area contributed by atoms with Crippen molar-refractivity contribution in [2.45, 2.75) is 39.5 Å². The number of anilines is 2. The predicted molar refractivity (Wildman–Crippen MR) is 71.0 cm³/mol. The van der Waals surface area contributed by atoms with Crippen molar-refractivity contribution in [3.8, 4) is 0 Å². The summed E-state index contributed by atoms with van der Waals surface area (Å²) in [6, 6.07) is 0. The zero-order valence-electron chi connectivity index (χ0n) is 10.8. The first-order valence-electron chi connectivity index (χ1n) is 6.54. The summed E-state index contributed by atoms with van der Waals surface area (Å²) in [4.78, 5) is 10.8. The Balaban J connectivity index is 2.14. The van der Waals surface area contributed by atoms with Crippen LogP contribution >= 0.6 is 0 Å². The normalized spacial score (nSPS) is 21.3. The molecule has 0 bridgehead atoms. The zero-order valence-corrected chi connectivity index (χ0v) is 10.8. The third kappa shape index (κ3) is 2.68. The molecule has 1 aromatic heterocycles. The largest absolute Gasteiger partial charge is 0.383 e. The van der Waals surface area contributed by atoms with Crippen molar-refractivity contribution in [3.63, 3.8) is 0 Å². The van der Waals surface area contributed by atoms with E-state index >= 15 is 0 Å². The smallest absolute Gasteiger partial charge is 0.137 e. The van der Waals surface area contributed by atoms with Crippen molar-refractivity contribution in [2.24, 2.45) is 5.92 Å². The van der Waals surface area contributed by atoms with Gasteiger partial charge in [-0.1, -0.05) is 13.3 Å². The van der Waals surface area contributed by atoms with Crippen LogP contribution in [-0.2, 0) is 0 Å². The zero-order chi connectivity index (χ0) is 12.3. The average Bonchev–Trinajstić information content (AvgIpc) is 2.58. The van der Waals surface area contributed by atoms with Gasteiger partial charge >= 0.3 is 0 Å². The standard InChI is InChI=1S/C13H22N4/c1-3-11-5-4-7-17(8-6-11)13-10(2)12(14)15-9-16-13/h9,11H,3-8H2,1-2H3,(H2,14,15,16). The summed E-state index contributed by atoms with van der Waals surface area (Å²) in [5.41, 5.74) is 6.86. The molecule has 2 rings (SSSR count). The highest BCUT2D eigenvalue weighted by Gasteiger charge is 2.18. The van der Waals surface area contributed by atoms with Crippen LogP contribution in [0.5, 0.6) is 0 Å². The number of aromatic nitrogens is 2. The minimum atomic E-state index is 0.603. The van der Waals surface area contributed by atoms with E-state index < -0.39 is 0 Å². The molecule has 1 aromatic rings. The number of nitrogen functional groups attached to an aromatic ring is 1. The first-order valence-corrected chi connectivity index (χ1v) is 6.54. The number of nitrogens with two attached hydrogens (primary N) is 1. The van der Waals surface area contributed by atoms with E-state index in [1.807, 2.05) is 6.92 Å². The first kappa shape index (κ1) is 12.1. The Hall–Kier alpha value is -1.32. The van der Waals surface area contributed by atoms with Gasteiger partial charge in [0.25, 0.3) is 0 Å². The average molecular weight is 234 g/mol. The van der Waals surface area contributed by atoms with Crippen LogP contribution in [-0.4, -0.2) is 23.1 Å². The highest BCUT2D eigenvalue weighted by molar-refractivity contribution is 5.55. The number of nitrogens with zero attached hydrogens (tertiary/aromatic N) is 3. The maximum absolute atomic E-state index is 5.84. The molecule has 0 aliphatic carbocycles. The van der Waals surface area contributed by atoms with Crippen LogP contribution in [0, 0.1) is 12.8 Å². The molecule has 0 saturated carbocycles. The van der Waals surface area contributed by atoms with Crippen molar-refractivity contribution >= 4 is 11.6 Å². The quantitative estimate of drug-likeness (QED) is 0.853. The van der Waals surface area contributed by atoms with Gasteiger partial charge in [-0.25, -0.2) is 9.97 Å². The van der Waals surface area contributed by atoms with Gasteiger partial charge in [0.15, 0.2) is 0 Å². The molecule has 1 aliphatic heterocycles. The van der Waals surface area contributed by atoms with Gasteiger partial charge in [-0.15, -0.1) is 0 Å². The van der Waals surface area contributed by atoms with E-state index in [0.717, 1.165) is 30.4 Å². The molecule has 0 spiro atoms. The van der Waals surface area contributed by atoms with Crippen LogP contribution in [0.4, 0.5) is 11.6 Å². The van der Waals surface area contributed by atoms with E-state index in [4.69, 9.17) is 5.73 Å². The number of hydrogen-bond acceptors (Lipinski definition) is 4. The lowest BCUT2D eigenvalue weighted by molar-refractivity contribution is 0.459. The second-order valence-electron chi connectivity index (χ2n) is 4.90. The lowest BCUT2D eigenvalue weighted by atomic mass is 9.98. The fourth-order valence-electron chi connectivity index (χ4n) is 2.56. The second kappa shape index (κ2) is 5.34. The van der Waals surface area contributed by atoms with Gasteiger partial charge in [0.2, 0.25) is 0 Å². The van der Waals surface area contributed by atoms with E-state index in [9.17, 15) is 0 Å². The SMILES string of the molecule is CCC1CCCN(c2ncnc(N)c2C)CC1. The van der Waals surface area contributed by atoms with Crippen molar-refractivity contribution in [1.29, 1.82) is 0 Å². The van der Waals surface area contributed by atoms with Crippen LogP contribution in [0.3, 0.4) is 0 Å². The second-order valence-corrected chi connectivity index (χ2v) is 4.90. The van der Waals surface area contributed by atoms with Gasteiger partial charge in [0.05, 0.1) is 0 Å². The van der Waals surface area contributed by atoms with Crippen LogP contribution in [0.25, 0.3) is 0 Å². The summed E-state index contributed by atoms with van der Waals surface area (Å²) in [5.74, 6) is 2.50. The Labute approximate surface area is 103 Å². The van der Waals surface area contributed by atoms with Crippen LogP contribution in [0.1, 0.15) is 38.2 Å². The van der Waals surface area contributed by atoms with Crippen molar-refractivity contribution < 1.29 is 0 Å². The molecule has 1 atom stereocenters. The third-order valence-corrected chi connectivity index (χ3v) is 3.82. The first-order chi connectivity index (χ1) is 8.22. The van der Waals surface area contributed by atoms with E-state index in [1.165, 1.54) is 25.7 Å². The van der Waals surface area contributed by atoms with Gasteiger partial charge in [-0.2, -0.15) is 0 Å². The van der Waals surface area contributed by atoms with E-state index in [-0.39, 0.29) is 0 Å². The molecule has 4 nitrogen and oxygen atoms in total. The molecule has 4 heteroatoms. The molecule has 0 radical (unpaired) electrons. The fourth-order valence-corrected chi connectivity index (χ4v) is 2.56. The Morgan fingerprint density at radius 1 is 1.35 bits per heavy atom. The Bertz CT molecular complexity index is 378. The maximum Gasteiger partial charge on any atom is 0.137 e. The molecule has 1 unspecified atom stereocenters. The lowest BCUT2D eigenvalue weighted by Gasteiger charge is -2.23. The third-order valence-electron chi connectivity index (χ3n) is 3.82. The van der Waals surface area contributed by atoms with Gasteiger partial charge in [0.1, 0.15) is 18.0 Å². The molecule has 1 aliphatic rings. The molecular weight excluding hydrogens is 212 g/mol. The Morgan fingerprint density at radius 2 is 2.18 bits per heavy atom. The summed E-state index contributed by atoms with van der Waals surface area (Å²) in [6.45, 7) is 6.48. The van der Waals surface area contributed by atoms with E-state index in [0.29, 0.717) is 5.82 Å². The number of hydrogen-bond donors (Lipinski definition) is 1. The topological polar surface area (TPSA) is 55.0 Å². The summed E-state index contributed by atoms with van der Waals surface area (Å²) >= 11 is 0. The van der Waals surface area contributed by atoms with Crippen molar-refractivity contribution in [3.05, 3.63) is 11.9 Å². The minimum Gasteiger partial charge on any atom is -0.383 e. The summed E-state index contributed by atoms with van der Waals surface area (Å²) in [6.07, 6.45) is 6.72. The molecule has 2 N–H and O–H groups in total. The molecule has 2 heterocycles. The monoisotopic (exact) mass is 234 g/mol. The summed E-state index contributed by atoms with van der Waals surface area (Å²) in [7, 11) is 0. The summed E-state index contributed by atoms with van der Waals surface area (Å²) in [5, 5.41) is 0. The van der Waals surface area contributed by atoms with Crippen LogP contribution < -0.4 is 10.6 Å². The highest BCUT2D eigenvalue weighted by atomic mass is 15.2. The van der Waals surface area contributed by atoms with Crippen LogP contribution in [0.15, 0.2) is 6.33 Å². The Kier molecular flexibility index (Phi) is 3.82. The molecule has 0 amide bonds. The lowest BCUT2D eigenvalue weighted by Crippen LogP contribution is -2.26. The Morgan fingerprint density at radius 3 is 2.94 bits per heavy atom. The van der Waals surface area contributed by atoms with Crippen molar-refractivity contribution in [1.82, 2.24) is 9.97 Å². The van der Waals surface area contributed by atoms with Gasteiger partial charge in [-0.05, 0) is 32.1 Å². The predicted octanol–water partition coefficient (Wildman–Crippen LogP) is 2.38.